The van der Waals surface area contributed by atoms with E-state index in [1.54, 1.807) is 0 Å². The first-order valence-corrected chi connectivity index (χ1v) is 19.4. The molecule has 0 rings (SSSR count). The maximum absolute atomic E-state index is 12.2. The molecule has 0 heterocycles. The lowest BCUT2D eigenvalue weighted by atomic mass is 9.85. The van der Waals surface area contributed by atoms with E-state index in [0.29, 0.717) is 12.2 Å². The number of Topliss-reactive ketones (excluding diaryl/α,β-unsaturated/α-hetero) is 3. The summed E-state index contributed by atoms with van der Waals surface area (Å²) in [6.45, 7) is 2.51. The van der Waals surface area contributed by atoms with Gasteiger partial charge in [-0.15, -0.1) is 0 Å². The van der Waals surface area contributed by atoms with Crippen molar-refractivity contribution in [2.75, 3.05) is 6.61 Å². The van der Waals surface area contributed by atoms with Crippen LogP contribution in [0.5, 0.6) is 0 Å². The third kappa shape index (κ3) is 24.7. The molecule has 0 bridgehead atoms. The lowest BCUT2D eigenvalue weighted by Gasteiger charge is -2.27. The minimum Gasteiger partial charge on any atom is -0.394 e. The standard InChI is InChI=1S/C39H74O6/c1-3-4-5-6-7-8-9-13-16-19-22-25-28-31-36(42)32-29-26-23-20-17-14-11-10-12-15-18-21-24-27-30-33-37(43)39(45,35(2)41)38(44)34-40/h38,40,44-45H,3-34H2,1-2H3. The Balaban J connectivity index is 3.37. The minimum atomic E-state index is -2.49. The predicted octanol–water partition coefficient (Wildman–Crippen LogP) is 9.91. The number of aliphatic hydroxyl groups is 3. The quantitative estimate of drug-likeness (QED) is 0.0465. The van der Waals surface area contributed by atoms with E-state index < -0.39 is 29.9 Å². The molecule has 0 amide bonds. The van der Waals surface area contributed by atoms with Gasteiger partial charge in [-0.25, -0.2) is 0 Å². The Morgan fingerprint density at radius 2 is 0.756 bits per heavy atom. The van der Waals surface area contributed by atoms with Gasteiger partial charge in [0, 0.05) is 19.3 Å². The van der Waals surface area contributed by atoms with E-state index in [2.05, 4.69) is 6.92 Å². The van der Waals surface area contributed by atoms with Gasteiger partial charge >= 0.3 is 0 Å². The summed E-state index contributed by atoms with van der Waals surface area (Å²) in [6, 6.07) is 0. The van der Waals surface area contributed by atoms with Crippen molar-refractivity contribution in [2.45, 2.75) is 225 Å². The zero-order valence-electron chi connectivity index (χ0n) is 29.8. The fourth-order valence-electron chi connectivity index (χ4n) is 6.31. The van der Waals surface area contributed by atoms with E-state index in [1.165, 1.54) is 141 Å². The van der Waals surface area contributed by atoms with Crippen LogP contribution in [0.3, 0.4) is 0 Å². The fraction of sp³-hybridized carbons (Fsp3) is 0.923. The number of unbranched alkanes of at least 4 members (excludes halogenated alkanes) is 26. The van der Waals surface area contributed by atoms with Crippen LogP contribution in [-0.4, -0.2) is 51.0 Å². The lowest BCUT2D eigenvalue weighted by Crippen LogP contribution is -2.56. The average molecular weight is 639 g/mol. The molecule has 0 aromatic carbocycles. The van der Waals surface area contributed by atoms with Gasteiger partial charge in [-0.05, 0) is 26.2 Å². The molecule has 0 aromatic heterocycles. The van der Waals surface area contributed by atoms with E-state index >= 15 is 0 Å². The molecule has 0 aliphatic rings. The maximum Gasteiger partial charge on any atom is 0.209 e. The van der Waals surface area contributed by atoms with E-state index in [9.17, 15) is 24.6 Å². The molecule has 6 nitrogen and oxygen atoms in total. The SMILES string of the molecule is CCCCCCCCCCCCCCCC(=O)CCCCCCCCCCCCCCCCCC(=O)C(O)(C(C)=O)C(O)CO. The smallest absolute Gasteiger partial charge is 0.209 e. The van der Waals surface area contributed by atoms with E-state index in [4.69, 9.17) is 5.11 Å². The molecule has 0 aromatic rings. The molecule has 0 radical (unpaired) electrons. The second-order valence-corrected chi connectivity index (χ2v) is 13.8. The summed E-state index contributed by atoms with van der Waals surface area (Å²) in [5, 5.41) is 29.0. The van der Waals surface area contributed by atoms with Crippen LogP contribution in [-0.2, 0) is 14.4 Å². The Labute approximate surface area is 277 Å². The highest BCUT2D eigenvalue weighted by molar-refractivity contribution is 6.09. The molecule has 0 spiro atoms. The number of hydrogen-bond acceptors (Lipinski definition) is 6. The van der Waals surface area contributed by atoms with Gasteiger partial charge in [0.1, 0.15) is 11.9 Å². The number of ketones is 3. The van der Waals surface area contributed by atoms with Crippen LogP contribution in [0.15, 0.2) is 0 Å². The Hall–Kier alpha value is -1.11. The van der Waals surface area contributed by atoms with Crippen molar-refractivity contribution in [2.24, 2.45) is 0 Å². The third-order valence-electron chi connectivity index (χ3n) is 9.54. The topological polar surface area (TPSA) is 112 Å². The Bertz CT molecular complexity index is 708. The van der Waals surface area contributed by atoms with Crippen molar-refractivity contribution in [3.63, 3.8) is 0 Å². The first-order valence-electron chi connectivity index (χ1n) is 19.4. The highest BCUT2D eigenvalue weighted by Gasteiger charge is 2.46. The van der Waals surface area contributed by atoms with Crippen molar-refractivity contribution >= 4 is 17.3 Å². The van der Waals surface area contributed by atoms with Gasteiger partial charge in [0.2, 0.25) is 5.60 Å². The van der Waals surface area contributed by atoms with Crippen molar-refractivity contribution in [3.8, 4) is 0 Å². The zero-order chi connectivity index (χ0) is 33.4. The van der Waals surface area contributed by atoms with Crippen LogP contribution in [0.4, 0.5) is 0 Å². The first-order chi connectivity index (χ1) is 21.8. The summed E-state index contributed by atoms with van der Waals surface area (Å²) >= 11 is 0. The van der Waals surface area contributed by atoms with Gasteiger partial charge in [0.05, 0.1) is 6.61 Å². The number of carbonyl (C=O) groups is 3. The second kappa shape index (κ2) is 31.5. The van der Waals surface area contributed by atoms with Crippen LogP contribution in [0.1, 0.15) is 213 Å². The summed E-state index contributed by atoms with van der Waals surface area (Å²) in [5.41, 5.74) is -2.49. The molecule has 2 unspecified atom stereocenters. The molecule has 0 aliphatic heterocycles. The average Bonchev–Trinajstić information content (AvgIpc) is 3.03. The van der Waals surface area contributed by atoms with E-state index in [-0.39, 0.29) is 6.42 Å². The zero-order valence-corrected chi connectivity index (χ0v) is 29.8. The molecular formula is C39H74O6. The Kier molecular flexibility index (Phi) is 30.7. The van der Waals surface area contributed by atoms with E-state index in [0.717, 1.165) is 51.9 Å². The highest BCUT2D eigenvalue weighted by atomic mass is 16.4. The number of aliphatic hydroxyl groups excluding tert-OH is 2. The second-order valence-electron chi connectivity index (χ2n) is 13.8. The monoisotopic (exact) mass is 639 g/mol. The van der Waals surface area contributed by atoms with Gasteiger partial charge in [-0.3, -0.25) is 14.4 Å². The summed E-state index contributed by atoms with van der Waals surface area (Å²) in [6.07, 6.45) is 34.6. The van der Waals surface area contributed by atoms with Crippen LogP contribution in [0.25, 0.3) is 0 Å². The normalized spacial score (nSPS) is 13.5. The lowest BCUT2D eigenvalue weighted by molar-refractivity contribution is -0.165. The van der Waals surface area contributed by atoms with Crippen molar-refractivity contribution < 1.29 is 29.7 Å². The van der Waals surface area contributed by atoms with Crippen LogP contribution >= 0.6 is 0 Å². The summed E-state index contributed by atoms with van der Waals surface area (Å²) < 4.78 is 0. The largest absolute Gasteiger partial charge is 0.394 e. The van der Waals surface area contributed by atoms with E-state index in [1.807, 2.05) is 0 Å². The van der Waals surface area contributed by atoms with Crippen molar-refractivity contribution in [1.29, 1.82) is 0 Å². The first kappa shape index (κ1) is 43.9. The minimum absolute atomic E-state index is 0.0325. The van der Waals surface area contributed by atoms with Gasteiger partial charge < -0.3 is 15.3 Å². The molecule has 6 heteroatoms. The maximum atomic E-state index is 12.2. The van der Waals surface area contributed by atoms with Crippen LogP contribution < -0.4 is 0 Å². The molecule has 0 saturated heterocycles. The number of hydrogen-bond donors (Lipinski definition) is 3. The Morgan fingerprint density at radius 1 is 0.489 bits per heavy atom. The molecule has 3 N–H and O–H groups in total. The summed E-state index contributed by atoms with van der Waals surface area (Å²) in [4.78, 5) is 36.0. The molecule has 45 heavy (non-hydrogen) atoms. The molecule has 266 valence electrons. The fourth-order valence-corrected chi connectivity index (χ4v) is 6.31. The van der Waals surface area contributed by atoms with Gasteiger partial charge in [-0.1, -0.05) is 167 Å². The number of carbonyl (C=O) groups excluding carboxylic acids is 3. The van der Waals surface area contributed by atoms with Gasteiger partial charge in [0.25, 0.3) is 0 Å². The van der Waals surface area contributed by atoms with Gasteiger partial charge in [-0.2, -0.15) is 0 Å². The molecular weight excluding hydrogens is 564 g/mol. The highest BCUT2D eigenvalue weighted by Crippen LogP contribution is 2.20. The molecule has 0 fully saturated rings. The third-order valence-corrected chi connectivity index (χ3v) is 9.54. The molecule has 0 saturated carbocycles. The Morgan fingerprint density at radius 3 is 1.02 bits per heavy atom. The van der Waals surface area contributed by atoms with Crippen molar-refractivity contribution in [1.82, 2.24) is 0 Å². The predicted molar refractivity (Wildman–Crippen MR) is 188 cm³/mol. The van der Waals surface area contributed by atoms with Crippen molar-refractivity contribution in [3.05, 3.63) is 0 Å². The number of rotatable bonds is 36. The van der Waals surface area contributed by atoms with Gasteiger partial charge in [0.15, 0.2) is 11.6 Å². The van der Waals surface area contributed by atoms with Crippen LogP contribution in [0, 0.1) is 0 Å². The van der Waals surface area contributed by atoms with Crippen LogP contribution in [0.2, 0.25) is 0 Å². The summed E-state index contributed by atoms with van der Waals surface area (Å²) in [5.74, 6) is -1.06. The molecule has 2 atom stereocenters. The summed E-state index contributed by atoms with van der Waals surface area (Å²) in [7, 11) is 0. The molecule has 0 aliphatic carbocycles.